The van der Waals surface area contributed by atoms with E-state index in [1.165, 1.54) is 36.4 Å². The van der Waals surface area contributed by atoms with Gasteiger partial charge in [-0.1, -0.05) is 13.8 Å². The first-order valence-corrected chi connectivity index (χ1v) is 14.1. The van der Waals surface area contributed by atoms with Gasteiger partial charge in [0.1, 0.15) is 0 Å². The highest BCUT2D eigenvalue weighted by Crippen LogP contribution is 2.22. The molecule has 0 amide bonds. The zero-order valence-corrected chi connectivity index (χ0v) is 21.5. The highest BCUT2D eigenvalue weighted by molar-refractivity contribution is 7.91. The van der Waals surface area contributed by atoms with Crippen LogP contribution in [0.4, 0.5) is 11.4 Å². The number of nitrogens with zero attached hydrogens (tertiary/aromatic N) is 4. The lowest BCUT2D eigenvalue weighted by Crippen LogP contribution is -2.29. The molecule has 0 aliphatic carbocycles. The second-order valence-electron chi connectivity index (χ2n) is 7.79. The summed E-state index contributed by atoms with van der Waals surface area (Å²) in [5, 5.41) is 19.5. The van der Waals surface area contributed by atoms with Crippen molar-refractivity contribution in [3.05, 3.63) is 64.6 Å². The molecule has 0 aliphatic heterocycles. The van der Waals surface area contributed by atoms with Crippen LogP contribution >= 0.6 is 0 Å². The predicted octanol–water partition coefficient (Wildman–Crippen LogP) is 2.64. The molecule has 0 saturated heterocycles. The van der Waals surface area contributed by atoms with Gasteiger partial charge >= 0.3 is 5.97 Å². The van der Waals surface area contributed by atoms with E-state index in [2.05, 4.69) is 15.3 Å². The number of carboxylic acid groups (broad SMARTS) is 1. The minimum absolute atomic E-state index is 0.0500. The Morgan fingerprint density at radius 1 is 0.946 bits per heavy atom. The molecule has 0 spiro atoms. The third-order valence-electron chi connectivity index (χ3n) is 5.50. The Bertz CT molecular complexity index is 1570. The molecular formula is C22H25N5O8S2. The number of H-pyrrole nitrogens is 1. The fourth-order valence-electron chi connectivity index (χ4n) is 3.35. The summed E-state index contributed by atoms with van der Waals surface area (Å²) in [7, 11) is -7.98. The molecule has 198 valence electrons. The Morgan fingerprint density at radius 2 is 1.51 bits per heavy atom. The van der Waals surface area contributed by atoms with E-state index >= 15 is 0 Å². The molecule has 0 bridgehead atoms. The molecule has 3 rings (SSSR count). The van der Waals surface area contributed by atoms with Crippen molar-refractivity contribution in [2.45, 2.75) is 23.6 Å². The summed E-state index contributed by atoms with van der Waals surface area (Å²) in [6.07, 6.45) is 0. The van der Waals surface area contributed by atoms with Gasteiger partial charge in [0.05, 0.1) is 26.9 Å². The smallest absolute Gasteiger partial charge is 0.356 e. The van der Waals surface area contributed by atoms with Crippen molar-refractivity contribution < 1.29 is 31.3 Å². The van der Waals surface area contributed by atoms with Crippen molar-refractivity contribution in [1.29, 1.82) is 0 Å². The third kappa shape index (κ3) is 6.56. The van der Waals surface area contributed by atoms with Crippen LogP contribution in [0.25, 0.3) is 5.69 Å². The van der Waals surface area contributed by atoms with Crippen LogP contribution in [-0.2, 0) is 20.0 Å². The van der Waals surface area contributed by atoms with Crippen molar-refractivity contribution in [3.8, 4) is 5.69 Å². The number of sulfone groups is 1. The molecule has 15 heteroatoms. The maximum atomic E-state index is 12.8. The van der Waals surface area contributed by atoms with E-state index in [1.807, 2.05) is 18.7 Å². The van der Waals surface area contributed by atoms with Crippen LogP contribution in [0.1, 0.15) is 24.3 Å². The van der Waals surface area contributed by atoms with E-state index in [9.17, 15) is 31.5 Å². The number of aromatic nitrogens is 2. The van der Waals surface area contributed by atoms with Crippen LogP contribution in [0.15, 0.2) is 73.3 Å². The van der Waals surface area contributed by atoms with E-state index in [1.54, 1.807) is 0 Å². The molecule has 0 fully saturated rings. The van der Waals surface area contributed by atoms with Gasteiger partial charge in [-0.2, -0.15) is 13.5 Å². The Kier molecular flexibility index (Phi) is 8.42. The summed E-state index contributed by atoms with van der Waals surface area (Å²) in [6, 6.07) is 9.93. The van der Waals surface area contributed by atoms with Crippen LogP contribution in [0.2, 0.25) is 0 Å². The molecule has 0 radical (unpaired) electrons. The van der Waals surface area contributed by atoms with Crippen molar-refractivity contribution in [3.63, 3.8) is 0 Å². The highest BCUT2D eigenvalue weighted by Gasteiger charge is 2.21. The molecule has 37 heavy (non-hydrogen) atoms. The van der Waals surface area contributed by atoms with Gasteiger partial charge in [-0.25, -0.2) is 17.9 Å². The van der Waals surface area contributed by atoms with E-state index in [0.717, 1.165) is 29.9 Å². The topological polar surface area (TPSA) is 192 Å². The highest BCUT2D eigenvalue weighted by atomic mass is 32.2. The lowest BCUT2D eigenvalue weighted by Gasteiger charge is -2.17. The lowest BCUT2D eigenvalue weighted by atomic mass is 10.3. The number of carbonyl (C=O) groups is 1. The molecule has 0 atom stereocenters. The molecule has 1 aromatic heterocycles. The standard InChI is InChI=1S/C22H25N5O8S2/c1-3-26(4-2)13-14-36(31,32)17-9-5-15(6-10-17)23-24-19-20(22(29)30)25-27(21(19)28)16-7-11-18(12-8-16)37(33,34)35/h5-12,25H,3-4,13-14H2,1-2H3,(H,29,30)(H,33,34,35). The van der Waals surface area contributed by atoms with E-state index < -0.39 is 47.8 Å². The Hall–Kier alpha value is -3.66. The zero-order valence-electron chi connectivity index (χ0n) is 19.9. The van der Waals surface area contributed by atoms with Crippen LogP contribution in [-0.4, -0.2) is 72.5 Å². The molecule has 3 N–H and O–H groups in total. The molecule has 3 aromatic rings. The molecule has 13 nitrogen and oxygen atoms in total. The van der Waals surface area contributed by atoms with Crippen molar-refractivity contribution >= 4 is 37.3 Å². The van der Waals surface area contributed by atoms with Gasteiger partial charge in [0.15, 0.2) is 21.2 Å². The van der Waals surface area contributed by atoms with Gasteiger partial charge in [0.25, 0.3) is 15.7 Å². The van der Waals surface area contributed by atoms with Gasteiger partial charge in [0, 0.05) is 6.54 Å². The number of carboxylic acids is 1. The van der Waals surface area contributed by atoms with E-state index in [4.69, 9.17) is 4.55 Å². The van der Waals surface area contributed by atoms with E-state index in [0.29, 0.717) is 6.54 Å². The first-order valence-electron chi connectivity index (χ1n) is 11.0. The van der Waals surface area contributed by atoms with Crippen LogP contribution in [0.5, 0.6) is 0 Å². The average Bonchev–Trinajstić information content (AvgIpc) is 3.19. The number of aromatic carboxylic acids is 1. The number of hydrogen-bond acceptors (Lipinski definition) is 9. The normalized spacial score (nSPS) is 12.4. The summed E-state index contributed by atoms with van der Waals surface area (Å²) in [5.41, 5.74) is -1.70. The van der Waals surface area contributed by atoms with Gasteiger partial charge < -0.3 is 10.0 Å². The quantitative estimate of drug-likeness (QED) is 0.237. The summed E-state index contributed by atoms with van der Waals surface area (Å²) in [6.45, 7) is 5.77. The number of nitrogens with one attached hydrogen (secondary N) is 1. The minimum Gasteiger partial charge on any atom is -0.476 e. The molecule has 0 saturated carbocycles. The Morgan fingerprint density at radius 3 is 2.03 bits per heavy atom. The van der Waals surface area contributed by atoms with Crippen molar-refractivity contribution in [2.75, 3.05) is 25.4 Å². The number of aromatic amines is 1. The summed E-state index contributed by atoms with van der Waals surface area (Å²) >= 11 is 0. The molecule has 0 aliphatic rings. The van der Waals surface area contributed by atoms with Crippen molar-refractivity contribution in [2.24, 2.45) is 10.2 Å². The summed E-state index contributed by atoms with van der Waals surface area (Å²) in [4.78, 5) is 26.2. The van der Waals surface area contributed by atoms with Gasteiger partial charge in [0.2, 0.25) is 0 Å². The third-order valence-corrected chi connectivity index (χ3v) is 8.08. The summed E-state index contributed by atoms with van der Waals surface area (Å²) in [5.74, 6) is -1.54. The first-order chi connectivity index (χ1) is 17.4. The van der Waals surface area contributed by atoms with Crippen molar-refractivity contribution in [1.82, 2.24) is 14.7 Å². The maximum Gasteiger partial charge on any atom is 0.356 e. The zero-order chi connectivity index (χ0) is 27.4. The van der Waals surface area contributed by atoms with E-state index in [-0.39, 0.29) is 22.0 Å². The van der Waals surface area contributed by atoms with Crippen LogP contribution < -0.4 is 5.56 Å². The predicted molar refractivity (Wildman–Crippen MR) is 134 cm³/mol. The fourth-order valence-corrected chi connectivity index (χ4v) is 5.12. The Labute approximate surface area is 212 Å². The molecule has 2 aromatic carbocycles. The molecule has 1 heterocycles. The second kappa shape index (κ2) is 11.2. The van der Waals surface area contributed by atoms with Gasteiger partial charge in [-0.3, -0.25) is 14.4 Å². The monoisotopic (exact) mass is 551 g/mol. The second-order valence-corrected chi connectivity index (χ2v) is 11.3. The maximum absolute atomic E-state index is 12.8. The largest absolute Gasteiger partial charge is 0.476 e. The summed E-state index contributed by atoms with van der Waals surface area (Å²) < 4.78 is 57.5. The number of azo groups is 1. The number of rotatable bonds is 11. The molecular weight excluding hydrogens is 526 g/mol. The van der Waals surface area contributed by atoms with Crippen LogP contribution in [0, 0.1) is 0 Å². The Balaban J connectivity index is 1.87. The lowest BCUT2D eigenvalue weighted by molar-refractivity contribution is 0.0690. The molecule has 0 unspecified atom stereocenters. The fraction of sp³-hybridized carbons (Fsp3) is 0.273. The minimum atomic E-state index is -4.45. The number of benzene rings is 2. The SMILES string of the molecule is CCN(CC)CCS(=O)(=O)c1ccc(N=Nc2c(C(=O)O)[nH]n(-c3ccc(S(=O)(=O)O)cc3)c2=O)cc1. The first kappa shape index (κ1) is 27.9. The van der Waals surface area contributed by atoms with Crippen LogP contribution in [0.3, 0.4) is 0 Å². The van der Waals surface area contributed by atoms with Gasteiger partial charge in [-0.05, 0) is 61.6 Å². The number of hydrogen-bond donors (Lipinski definition) is 3. The average molecular weight is 552 g/mol. The van der Waals surface area contributed by atoms with Gasteiger partial charge in [-0.15, -0.1) is 5.11 Å².